The Labute approximate surface area is 81.1 Å². The fourth-order valence-electron chi connectivity index (χ4n) is 1.42. The highest BCUT2D eigenvalue weighted by Crippen LogP contribution is 2.14. The summed E-state index contributed by atoms with van der Waals surface area (Å²) in [7, 11) is 1.82. The normalized spacial score (nSPS) is 10.7. The average Bonchev–Trinajstić information content (AvgIpc) is 2.48. The van der Waals surface area contributed by atoms with E-state index in [-0.39, 0.29) is 0 Å². The first-order chi connectivity index (χ1) is 6.72. The lowest BCUT2D eigenvalue weighted by Crippen LogP contribution is -2.32. The lowest BCUT2D eigenvalue weighted by molar-refractivity contribution is -0.886. The zero-order valence-electron chi connectivity index (χ0n) is 8.14. The third-order valence-corrected chi connectivity index (χ3v) is 1.99. The van der Waals surface area contributed by atoms with Gasteiger partial charge in [-0.1, -0.05) is 0 Å². The van der Waals surface area contributed by atoms with Crippen LogP contribution >= 0.6 is 0 Å². The maximum Gasteiger partial charge on any atom is 0.347 e. The molecule has 0 saturated carbocycles. The minimum absolute atomic E-state index is 0.568. The molecule has 5 nitrogen and oxygen atoms in total. The van der Waals surface area contributed by atoms with E-state index in [1.165, 1.54) is 6.20 Å². The van der Waals surface area contributed by atoms with Crippen molar-refractivity contribution >= 4 is 11.2 Å². The third kappa shape index (κ3) is 1.26. The van der Waals surface area contributed by atoms with Gasteiger partial charge in [-0.3, -0.25) is 0 Å². The van der Waals surface area contributed by atoms with Crippen molar-refractivity contribution in [3.63, 3.8) is 0 Å². The predicted molar refractivity (Wildman–Crippen MR) is 49.3 cm³/mol. The van der Waals surface area contributed by atoms with E-state index >= 15 is 0 Å². The summed E-state index contributed by atoms with van der Waals surface area (Å²) in [6.07, 6.45) is 3.17. The molecule has 2 heterocycles. The van der Waals surface area contributed by atoms with E-state index in [4.69, 9.17) is 4.74 Å². The van der Waals surface area contributed by atoms with E-state index in [9.17, 15) is 5.21 Å². The first-order valence-corrected chi connectivity index (χ1v) is 4.41. The highest BCUT2D eigenvalue weighted by Gasteiger charge is 2.14. The molecular weight excluding hydrogens is 182 g/mol. The molecule has 0 aliphatic carbocycles. The first-order valence-electron chi connectivity index (χ1n) is 4.41. The number of pyridine rings is 1. The van der Waals surface area contributed by atoms with Crippen LogP contribution in [-0.4, -0.2) is 21.4 Å². The van der Waals surface area contributed by atoms with E-state index < -0.39 is 0 Å². The van der Waals surface area contributed by atoms with Gasteiger partial charge in [0.2, 0.25) is 0 Å². The molecule has 0 bridgehead atoms. The van der Waals surface area contributed by atoms with Crippen molar-refractivity contribution in [2.45, 2.75) is 6.92 Å². The summed E-state index contributed by atoms with van der Waals surface area (Å²) in [5, 5.41) is 9.62. The Morgan fingerprint density at radius 1 is 1.64 bits per heavy atom. The van der Waals surface area contributed by atoms with Gasteiger partial charge in [-0.25, -0.2) is 9.55 Å². The first kappa shape index (κ1) is 8.80. The van der Waals surface area contributed by atoms with E-state index in [1.54, 1.807) is 17.0 Å². The molecule has 0 atom stereocenters. The maximum absolute atomic E-state index is 9.62. The van der Waals surface area contributed by atoms with Crippen LogP contribution < -0.4 is 9.47 Å². The molecule has 5 heteroatoms. The van der Waals surface area contributed by atoms with Crippen LogP contribution in [0.3, 0.4) is 0 Å². The Morgan fingerprint density at radius 2 is 2.43 bits per heavy atom. The van der Waals surface area contributed by atoms with Crippen LogP contribution in [0.1, 0.15) is 6.92 Å². The van der Waals surface area contributed by atoms with Gasteiger partial charge >= 0.3 is 5.65 Å². The van der Waals surface area contributed by atoms with Gasteiger partial charge in [0, 0.05) is 6.07 Å². The molecule has 1 N–H and O–H groups in total. The SMILES string of the molecule is CCOc1cc2ncn(C)c2[n+](O)c1. The van der Waals surface area contributed by atoms with Gasteiger partial charge in [0.15, 0.2) is 23.8 Å². The number of aryl methyl sites for hydroxylation is 1. The van der Waals surface area contributed by atoms with Gasteiger partial charge in [0.25, 0.3) is 0 Å². The predicted octanol–water partition coefficient (Wildman–Crippen LogP) is 0.497. The van der Waals surface area contributed by atoms with Crippen molar-refractivity contribution in [3.05, 3.63) is 18.6 Å². The summed E-state index contributed by atoms with van der Waals surface area (Å²) in [6.45, 7) is 2.46. The Hall–Kier alpha value is -1.78. The molecule has 2 rings (SSSR count). The number of rotatable bonds is 2. The second kappa shape index (κ2) is 3.17. The third-order valence-electron chi connectivity index (χ3n) is 1.99. The lowest BCUT2D eigenvalue weighted by Gasteiger charge is -2.00. The standard InChI is InChI=1S/C9H12N3O2/c1-3-14-7-4-8-9(12(13)5-7)11(2)6-10-8/h4-6,13H,3H2,1-2H3/q+1. The monoisotopic (exact) mass is 194 g/mol. The van der Waals surface area contributed by atoms with Gasteiger partial charge < -0.3 is 9.94 Å². The van der Waals surface area contributed by atoms with E-state index in [1.807, 2.05) is 14.0 Å². The molecule has 0 fully saturated rings. The van der Waals surface area contributed by atoms with Gasteiger partial charge in [0.05, 0.1) is 13.7 Å². The van der Waals surface area contributed by atoms with E-state index in [0.717, 1.165) is 4.73 Å². The zero-order chi connectivity index (χ0) is 10.1. The van der Waals surface area contributed by atoms with Crippen LogP contribution in [-0.2, 0) is 7.05 Å². The topological polar surface area (TPSA) is 51.2 Å². The van der Waals surface area contributed by atoms with Gasteiger partial charge in [-0.05, 0) is 11.7 Å². The van der Waals surface area contributed by atoms with Gasteiger partial charge in [-0.15, -0.1) is 0 Å². The lowest BCUT2D eigenvalue weighted by atomic mass is 10.4. The van der Waals surface area contributed by atoms with Crippen molar-refractivity contribution in [1.29, 1.82) is 0 Å². The number of fused-ring (bicyclic) bond motifs is 1. The second-order valence-electron chi connectivity index (χ2n) is 3.02. The van der Waals surface area contributed by atoms with Crippen molar-refractivity contribution < 1.29 is 14.7 Å². The number of hydrogen-bond donors (Lipinski definition) is 1. The molecule has 0 aliphatic rings. The van der Waals surface area contributed by atoms with E-state index in [2.05, 4.69) is 4.98 Å². The number of nitrogens with zero attached hydrogens (tertiary/aromatic N) is 3. The second-order valence-corrected chi connectivity index (χ2v) is 3.02. The Kier molecular flexibility index (Phi) is 1.99. The van der Waals surface area contributed by atoms with Crippen LogP contribution in [0.5, 0.6) is 5.75 Å². The van der Waals surface area contributed by atoms with Gasteiger partial charge in [0.1, 0.15) is 0 Å². The highest BCUT2D eigenvalue weighted by atomic mass is 16.5. The van der Waals surface area contributed by atoms with Gasteiger partial charge in [-0.2, -0.15) is 0 Å². The molecular formula is C9H12N3O2+. The molecule has 2 aromatic heterocycles. The number of hydrogen-bond acceptors (Lipinski definition) is 3. The van der Waals surface area contributed by atoms with Crippen LogP contribution in [0.15, 0.2) is 18.6 Å². The Bertz CT molecular complexity index is 464. The molecule has 0 aromatic carbocycles. The van der Waals surface area contributed by atoms with E-state index in [0.29, 0.717) is 23.5 Å². The molecule has 0 aliphatic heterocycles. The number of aromatic nitrogens is 3. The summed E-state index contributed by atoms with van der Waals surface area (Å²) >= 11 is 0. The number of imidazole rings is 1. The minimum Gasteiger partial charge on any atom is -0.490 e. The molecule has 2 aromatic rings. The Balaban J connectivity index is 2.62. The van der Waals surface area contributed by atoms with Crippen LogP contribution in [0.25, 0.3) is 11.2 Å². The van der Waals surface area contributed by atoms with Crippen LogP contribution in [0.2, 0.25) is 0 Å². The molecule has 0 saturated heterocycles. The van der Waals surface area contributed by atoms with Crippen LogP contribution in [0.4, 0.5) is 0 Å². The summed E-state index contributed by atoms with van der Waals surface area (Å²) in [4.78, 5) is 4.12. The smallest absolute Gasteiger partial charge is 0.347 e. The largest absolute Gasteiger partial charge is 0.490 e. The molecule has 74 valence electrons. The zero-order valence-corrected chi connectivity index (χ0v) is 8.14. The van der Waals surface area contributed by atoms with Crippen molar-refractivity contribution in [2.24, 2.45) is 7.05 Å². The highest BCUT2D eigenvalue weighted by molar-refractivity contribution is 5.68. The van der Waals surface area contributed by atoms with Crippen molar-refractivity contribution in [3.8, 4) is 5.75 Å². The molecule has 0 amide bonds. The minimum atomic E-state index is 0.568. The molecule has 0 radical (unpaired) electrons. The van der Waals surface area contributed by atoms with Crippen molar-refractivity contribution in [1.82, 2.24) is 9.55 Å². The summed E-state index contributed by atoms with van der Waals surface area (Å²) in [5.74, 6) is 0.612. The number of ether oxygens (including phenoxy) is 1. The molecule has 0 unspecified atom stereocenters. The molecule has 0 spiro atoms. The summed E-state index contributed by atoms with van der Waals surface area (Å²) < 4.78 is 8.04. The average molecular weight is 194 g/mol. The fourth-order valence-corrected chi connectivity index (χ4v) is 1.42. The van der Waals surface area contributed by atoms with Crippen LogP contribution in [0, 0.1) is 0 Å². The maximum atomic E-state index is 9.62. The molecule has 14 heavy (non-hydrogen) atoms. The quantitative estimate of drug-likeness (QED) is 0.559. The van der Waals surface area contributed by atoms with Crippen molar-refractivity contribution in [2.75, 3.05) is 6.61 Å². The Morgan fingerprint density at radius 3 is 3.14 bits per heavy atom. The fraction of sp³-hybridized carbons (Fsp3) is 0.333. The summed E-state index contributed by atoms with van der Waals surface area (Å²) in [5.41, 5.74) is 1.36. The summed E-state index contributed by atoms with van der Waals surface area (Å²) in [6, 6.07) is 1.80.